The molecular weight excluding hydrogens is 324 g/mol. The molecular formula is C18H16N2O5. The van der Waals surface area contributed by atoms with Gasteiger partial charge in [-0.1, -0.05) is 0 Å². The van der Waals surface area contributed by atoms with Gasteiger partial charge in [-0.05, 0) is 41.5 Å². The van der Waals surface area contributed by atoms with Gasteiger partial charge in [0.05, 0.1) is 37.9 Å². The van der Waals surface area contributed by atoms with E-state index >= 15 is 0 Å². The first-order valence-electron chi connectivity index (χ1n) is 7.20. The van der Waals surface area contributed by atoms with Gasteiger partial charge in [0.2, 0.25) is 5.75 Å². The van der Waals surface area contributed by atoms with Crippen molar-refractivity contribution in [2.24, 2.45) is 0 Å². The molecule has 128 valence electrons. The molecule has 0 spiro atoms. The molecule has 0 bridgehead atoms. The summed E-state index contributed by atoms with van der Waals surface area (Å²) in [4.78, 5) is 10.2. The molecule has 0 saturated carbocycles. The van der Waals surface area contributed by atoms with Crippen LogP contribution in [0.15, 0.2) is 36.4 Å². The Morgan fingerprint density at radius 3 is 2.04 bits per heavy atom. The van der Waals surface area contributed by atoms with Crippen LogP contribution in [-0.4, -0.2) is 26.3 Å². The van der Waals surface area contributed by atoms with E-state index < -0.39 is 4.92 Å². The Morgan fingerprint density at radius 1 is 1.08 bits per heavy atom. The highest BCUT2D eigenvalue weighted by Crippen LogP contribution is 2.39. The average molecular weight is 340 g/mol. The highest BCUT2D eigenvalue weighted by atomic mass is 16.6. The number of non-ortho nitro benzene ring substituents is 1. The maximum Gasteiger partial charge on any atom is 0.269 e. The molecule has 0 heterocycles. The Hall–Kier alpha value is -3.53. The molecule has 0 amide bonds. The summed E-state index contributed by atoms with van der Waals surface area (Å²) in [6.45, 7) is 0. The lowest BCUT2D eigenvalue weighted by Crippen LogP contribution is -1.95. The van der Waals surface area contributed by atoms with Crippen molar-refractivity contribution in [2.45, 2.75) is 0 Å². The number of allylic oxidation sites excluding steroid dienone is 1. The van der Waals surface area contributed by atoms with Crippen molar-refractivity contribution >= 4 is 17.3 Å². The van der Waals surface area contributed by atoms with E-state index in [1.165, 1.54) is 45.6 Å². The van der Waals surface area contributed by atoms with Gasteiger partial charge in [-0.25, -0.2) is 0 Å². The van der Waals surface area contributed by atoms with Crippen LogP contribution in [0.25, 0.3) is 11.6 Å². The zero-order valence-corrected chi connectivity index (χ0v) is 14.0. The summed E-state index contributed by atoms with van der Waals surface area (Å²) < 4.78 is 15.8. The SMILES string of the molecule is COc1cc(C=C(C#N)c2ccc([N+](=O)[O-])cc2)cc(OC)c1OC. The third kappa shape index (κ3) is 3.87. The molecule has 0 radical (unpaired) electrons. The first-order valence-corrected chi connectivity index (χ1v) is 7.20. The molecule has 0 aliphatic carbocycles. The third-order valence-electron chi connectivity index (χ3n) is 3.51. The van der Waals surface area contributed by atoms with Crippen molar-refractivity contribution in [3.63, 3.8) is 0 Å². The van der Waals surface area contributed by atoms with Crippen molar-refractivity contribution in [3.8, 4) is 23.3 Å². The lowest BCUT2D eigenvalue weighted by atomic mass is 10.0. The molecule has 0 atom stereocenters. The maximum atomic E-state index is 10.7. The summed E-state index contributed by atoms with van der Waals surface area (Å²) in [6, 6.07) is 11.3. The Bertz CT molecular complexity index is 826. The summed E-state index contributed by atoms with van der Waals surface area (Å²) in [5.74, 6) is 1.39. The third-order valence-corrected chi connectivity index (χ3v) is 3.51. The fourth-order valence-electron chi connectivity index (χ4n) is 2.29. The van der Waals surface area contributed by atoms with E-state index in [1.54, 1.807) is 18.2 Å². The molecule has 0 aliphatic heterocycles. The van der Waals surface area contributed by atoms with E-state index in [2.05, 4.69) is 6.07 Å². The van der Waals surface area contributed by atoms with Crippen molar-refractivity contribution in [2.75, 3.05) is 21.3 Å². The molecule has 0 aromatic heterocycles. The van der Waals surface area contributed by atoms with Gasteiger partial charge in [0.15, 0.2) is 11.5 Å². The van der Waals surface area contributed by atoms with E-state index in [-0.39, 0.29) is 5.69 Å². The fraction of sp³-hybridized carbons (Fsp3) is 0.167. The molecule has 0 saturated heterocycles. The number of ether oxygens (including phenoxy) is 3. The summed E-state index contributed by atoms with van der Waals surface area (Å²) in [7, 11) is 4.52. The molecule has 7 nitrogen and oxygen atoms in total. The molecule has 2 aromatic carbocycles. The second kappa shape index (κ2) is 7.84. The van der Waals surface area contributed by atoms with Crippen LogP contribution < -0.4 is 14.2 Å². The highest BCUT2D eigenvalue weighted by Gasteiger charge is 2.13. The van der Waals surface area contributed by atoms with Crippen molar-refractivity contribution in [1.82, 2.24) is 0 Å². The predicted octanol–water partition coefficient (Wildman–Crippen LogP) is 3.68. The molecule has 7 heteroatoms. The Labute approximate surface area is 144 Å². The van der Waals surface area contributed by atoms with Gasteiger partial charge in [0.1, 0.15) is 0 Å². The van der Waals surface area contributed by atoms with Crippen LogP contribution in [0.5, 0.6) is 17.2 Å². The number of nitrogens with zero attached hydrogens (tertiary/aromatic N) is 2. The standard InChI is InChI=1S/C18H16N2O5/c1-23-16-9-12(10-17(24-2)18(16)25-3)8-14(11-19)13-4-6-15(7-5-13)20(21)22/h4-10H,1-3H3. The molecule has 0 fully saturated rings. The van der Waals surface area contributed by atoms with Crippen molar-refractivity contribution in [1.29, 1.82) is 5.26 Å². The normalized spacial score (nSPS) is 10.7. The van der Waals surface area contributed by atoms with Gasteiger partial charge in [-0.2, -0.15) is 5.26 Å². The van der Waals surface area contributed by atoms with Gasteiger partial charge in [0.25, 0.3) is 5.69 Å². The number of hydrogen-bond acceptors (Lipinski definition) is 6. The molecule has 0 aliphatic rings. The van der Waals surface area contributed by atoms with E-state index in [1.807, 2.05) is 0 Å². The van der Waals surface area contributed by atoms with Crippen LogP contribution in [0.2, 0.25) is 0 Å². The van der Waals surface area contributed by atoms with Crippen molar-refractivity contribution < 1.29 is 19.1 Å². The van der Waals surface area contributed by atoms with Crippen LogP contribution >= 0.6 is 0 Å². The number of nitro benzene ring substituents is 1. The van der Waals surface area contributed by atoms with Crippen molar-refractivity contribution in [3.05, 3.63) is 57.6 Å². The topological polar surface area (TPSA) is 94.6 Å². The summed E-state index contributed by atoms with van der Waals surface area (Å²) in [6.07, 6.45) is 1.64. The smallest absolute Gasteiger partial charge is 0.269 e. The number of methoxy groups -OCH3 is 3. The highest BCUT2D eigenvalue weighted by molar-refractivity contribution is 5.90. The first-order chi connectivity index (χ1) is 12.0. The van der Waals surface area contributed by atoms with Gasteiger partial charge in [-0.15, -0.1) is 0 Å². The van der Waals surface area contributed by atoms with E-state index in [9.17, 15) is 15.4 Å². The van der Waals surface area contributed by atoms with Gasteiger partial charge in [-0.3, -0.25) is 10.1 Å². The minimum atomic E-state index is -0.487. The summed E-state index contributed by atoms with van der Waals surface area (Å²) in [5, 5.41) is 20.2. The first kappa shape index (κ1) is 17.8. The second-order valence-corrected chi connectivity index (χ2v) is 4.93. The fourth-order valence-corrected chi connectivity index (χ4v) is 2.29. The average Bonchev–Trinajstić information content (AvgIpc) is 2.65. The number of hydrogen-bond donors (Lipinski definition) is 0. The molecule has 2 aromatic rings. The quantitative estimate of drug-likeness (QED) is 0.344. The largest absolute Gasteiger partial charge is 0.493 e. The van der Waals surface area contributed by atoms with Gasteiger partial charge >= 0.3 is 0 Å². The van der Waals surface area contributed by atoms with E-state index in [0.29, 0.717) is 33.9 Å². The summed E-state index contributed by atoms with van der Waals surface area (Å²) in [5.41, 5.74) is 1.56. The van der Waals surface area contributed by atoms with Crippen LogP contribution in [0.3, 0.4) is 0 Å². The number of benzene rings is 2. The molecule has 25 heavy (non-hydrogen) atoms. The number of nitro groups is 1. The minimum Gasteiger partial charge on any atom is -0.493 e. The number of rotatable bonds is 6. The van der Waals surface area contributed by atoms with Crippen LogP contribution in [0.4, 0.5) is 5.69 Å². The molecule has 0 unspecified atom stereocenters. The lowest BCUT2D eigenvalue weighted by molar-refractivity contribution is -0.384. The number of nitriles is 1. The van der Waals surface area contributed by atoms with Crippen LogP contribution in [0, 0.1) is 21.4 Å². The maximum absolute atomic E-state index is 10.7. The molecule has 2 rings (SSSR count). The lowest BCUT2D eigenvalue weighted by Gasteiger charge is -2.13. The van der Waals surface area contributed by atoms with Crippen LogP contribution in [0.1, 0.15) is 11.1 Å². The monoisotopic (exact) mass is 340 g/mol. The Balaban J connectivity index is 2.49. The predicted molar refractivity (Wildman–Crippen MR) is 92.7 cm³/mol. The van der Waals surface area contributed by atoms with E-state index in [0.717, 1.165) is 0 Å². The van der Waals surface area contributed by atoms with Crippen LogP contribution in [-0.2, 0) is 0 Å². The zero-order chi connectivity index (χ0) is 18.4. The zero-order valence-electron chi connectivity index (χ0n) is 14.0. The minimum absolute atomic E-state index is 0.0335. The molecule has 0 N–H and O–H groups in total. The van der Waals surface area contributed by atoms with Gasteiger partial charge in [0, 0.05) is 12.1 Å². The Kier molecular flexibility index (Phi) is 5.58. The second-order valence-electron chi connectivity index (χ2n) is 4.93. The van der Waals surface area contributed by atoms with E-state index in [4.69, 9.17) is 14.2 Å². The Morgan fingerprint density at radius 2 is 1.64 bits per heavy atom. The summed E-state index contributed by atoms with van der Waals surface area (Å²) >= 11 is 0. The van der Waals surface area contributed by atoms with Gasteiger partial charge < -0.3 is 14.2 Å².